The van der Waals surface area contributed by atoms with Gasteiger partial charge in [-0.2, -0.15) is 0 Å². The Balaban J connectivity index is 2.24. The van der Waals surface area contributed by atoms with Crippen molar-refractivity contribution in [2.75, 3.05) is 13.2 Å². The summed E-state index contributed by atoms with van der Waals surface area (Å²) < 4.78 is 12.1. The molecule has 0 heterocycles. The second-order valence-corrected chi connectivity index (χ2v) is 6.56. The quantitative estimate of drug-likeness (QED) is 0.378. The number of unbranched alkanes of at least 4 members (excludes halogenated alkanes) is 4. The van der Waals surface area contributed by atoms with E-state index in [0.717, 1.165) is 54.2 Å². The van der Waals surface area contributed by atoms with Crippen LogP contribution in [0.4, 0.5) is 0 Å². The van der Waals surface area contributed by atoms with Crippen molar-refractivity contribution in [3.8, 4) is 22.6 Å². The maximum atomic E-state index is 6.10. The van der Waals surface area contributed by atoms with Gasteiger partial charge in [-0.25, -0.2) is 0 Å². The Kier molecular flexibility index (Phi) is 8.82. The molecule has 0 aliphatic heterocycles. The molecule has 2 aromatic carbocycles. The third kappa shape index (κ3) is 5.94. The van der Waals surface area contributed by atoms with E-state index in [1.165, 1.54) is 25.7 Å². The molecular weight excluding hydrogens is 320 g/mol. The van der Waals surface area contributed by atoms with Gasteiger partial charge >= 0.3 is 0 Å². The number of hydrogen-bond donors (Lipinski definition) is 0. The van der Waals surface area contributed by atoms with Crippen molar-refractivity contribution in [1.29, 1.82) is 0 Å². The second kappa shape index (κ2) is 11.4. The minimum Gasteiger partial charge on any atom is -0.494 e. The molecular formula is C24H32O2. The highest BCUT2D eigenvalue weighted by atomic mass is 16.5. The van der Waals surface area contributed by atoms with E-state index in [-0.39, 0.29) is 0 Å². The fourth-order valence-corrected chi connectivity index (χ4v) is 2.93. The zero-order valence-electron chi connectivity index (χ0n) is 16.3. The van der Waals surface area contributed by atoms with E-state index in [0.29, 0.717) is 0 Å². The number of benzene rings is 2. The van der Waals surface area contributed by atoms with E-state index < -0.39 is 0 Å². The Morgan fingerprint density at radius 3 is 2.19 bits per heavy atom. The molecule has 0 radical (unpaired) electrons. The average Bonchev–Trinajstić information content (AvgIpc) is 2.69. The molecule has 0 unspecified atom stereocenters. The first-order chi connectivity index (χ1) is 12.8. The van der Waals surface area contributed by atoms with E-state index in [1.54, 1.807) is 0 Å². The Bertz CT molecular complexity index is 676. The van der Waals surface area contributed by atoms with Crippen LogP contribution in [0.1, 0.15) is 57.9 Å². The maximum absolute atomic E-state index is 6.10. The van der Waals surface area contributed by atoms with Crippen molar-refractivity contribution in [2.45, 2.75) is 52.4 Å². The minimum atomic E-state index is 0.744. The van der Waals surface area contributed by atoms with Gasteiger partial charge in [-0.15, -0.1) is 0 Å². The molecule has 0 saturated carbocycles. The second-order valence-electron chi connectivity index (χ2n) is 6.56. The fourth-order valence-electron chi connectivity index (χ4n) is 2.93. The van der Waals surface area contributed by atoms with Crippen molar-refractivity contribution in [2.24, 2.45) is 0 Å². The lowest BCUT2D eigenvalue weighted by Crippen LogP contribution is -2.01. The molecule has 0 N–H and O–H groups in total. The zero-order chi connectivity index (χ0) is 18.6. The van der Waals surface area contributed by atoms with Crippen LogP contribution < -0.4 is 9.47 Å². The summed E-state index contributed by atoms with van der Waals surface area (Å²) in [6.45, 7) is 9.86. The fraction of sp³-hybridized carbons (Fsp3) is 0.417. The van der Waals surface area contributed by atoms with Gasteiger partial charge in [-0.1, -0.05) is 76.5 Å². The predicted octanol–water partition coefficient (Wildman–Crippen LogP) is 7.13. The molecule has 0 fully saturated rings. The minimum absolute atomic E-state index is 0.744. The number of ether oxygens (including phenoxy) is 2. The normalized spacial score (nSPS) is 10.5. The number of rotatable bonds is 12. The Hall–Kier alpha value is -2.22. The lowest BCUT2D eigenvalue weighted by Gasteiger charge is -2.16. The molecule has 0 aliphatic rings. The SMILES string of the molecule is C=Cc1ccccc1-c1cc(OCCCCC)ccc1OCCCCC. The lowest BCUT2D eigenvalue weighted by molar-refractivity contribution is 0.299. The van der Waals surface area contributed by atoms with Crippen molar-refractivity contribution >= 4 is 6.08 Å². The molecule has 0 aromatic heterocycles. The van der Waals surface area contributed by atoms with Crippen LogP contribution in [0.3, 0.4) is 0 Å². The predicted molar refractivity (Wildman–Crippen MR) is 112 cm³/mol. The molecule has 140 valence electrons. The van der Waals surface area contributed by atoms with Crippen LogP contribution in [-0.2, 0) is 0 Å². The first-order valence-corrected chi connectivity index (χ1v) is 9.91. The van der Waals surface area contributed by atoms with E-state index in [2.05, 4.69) is 44.7 Å². The summed E-state index contributed by atoms with van der Waals surface area (Å²) in [5, 5.41) is 0. The summed E-state index contributed by atoms with van der Waals surface area (Å²) in [7, 11) is 0. The van der Waals surface area contributed by atoms with E-state index in [9.17, 15) is 0 Å². The van der Waals surface area contributed by atoms with Gasteiger partial charge in [0.15, 0.2) is 0 Å². The highest BCUT2D eigenvalue weighted by Crippen LogP contribution is 2.36. The number of hydrogen-bond acceptors (Lipinski definition) is 2. The van der Waals surface area contributed by atoms with Crippen molar-refractivity contribution in [3.63, 3.8) is 0 Å². The van der Waals surface area contributed by atoms with E-state index >= 15 is 0 Å². The Labute approximate surface area is 158 Å². The third-order valence-corrected chi connectivity index (χ3v) is 4.44. The van der Waals surface area contributed by atoms with Gasteiger partial charge in [0.25, 0.3) is 0 Å². The maximum Gasteiger partial charge on any atom is 0.127 e. The average molecular weight is 353 g/mol. The van der Waals surface area contributed by atoms with Crippen molar-refractivity contribution in [1.82, 2.24) is 0 Å². The van der Waals surface area contributed by atoms with Gasteiger partial charge in [0, 0.05) is 5.56 Å². The van der Waals surface area contributed by atoms with Gasteiger partial charge in [-0.3, -0.25) is 0 Å². The van der Waals surface area contributed by atoms with Crippen LogP contribution in [0.25, 0.3) is 17.2 Å². The molecule has 0 aliphatic carbocycles. The van der Waals surface area contributed by atoms with Gasteiger partial charge in [0.2, 0.25) is 0 Å². The topological polar surface area (TPSA) is 18.5 Å². The monoisotopic (exact) mass is 352 g/mol. The van der Waals surface area contributed by atoms with Crippen LogP contribution in [0, 0.1) is 0 Å². The van der Waals surface area contributed by atoms with Crippen LogP contribution in [0.15, 0.2) is 49.0 Å². The van der Waals surface area contributed by atoms with E-state index in [1.807, 2.05) is 24.3 Å². The summed E-state index contributed by atoms with van der Waals surface area (Å²) in [6, 6.07) is 14.4. The summed E-state index contributed by atoms with van der Waals surface area (Å²) in [4.78, 5) is 0. The lowest BCUT2D eigenvalue weighted by atomic mass is 9.98. The van der Waals surface area contributed by atoms with Gasteiger partial charge in [0.1, 0.15) is 11.5 Å². The van der Waals surface area contributed by atoms with Gasteiger partial charge in [0.05, 0.1) is 13.2 Å². The molecule has 2 aromatic rings. The molecule has 0 amide bonds. The third-order valence-electron chi connectivity index (χ3n) is 4.44. The molecule has 2 nitrogen and oxygen atoms in total. The van der Waals surface area contributed by atoms with Crippen molar-refractivity contribution < 1.29 is 9.47 Å². The van der Waals surface area contributed by atoms with Crippen LogP contribution >= 0.6 is 0 Å². The summed E-state index contributed by atoms with van der Waals surface area (Å²) in [6.07, 6.45) is 8.84. The molecule has 0 bridgehead atoms. The standard InChI is InChI=1S/C24H32O2/c1-4-7-11-17-25-21-15-16-24(26-18-12-8-5-2)23(19-21)22-14-10-9-13-20(22)6-3/h6,9-10,13-16,19H,3-5,7-8,11-12,17-18H2,1-2H3. The van der Waals surface area contributed by atoms with Gasteiger partial charge in [-0.05, 0) is 42.2 Å². The summed E-state index contributed by atoms with van der Waals surface area (Å²) >= 11 is 0. The van der Waals surface area contributed by atoms with E-state index in [4.69, 9.17) is 9.47 Å². The molecule has 2 heteroatoms. The van der Waals surface area contributed by atoms with Crippen molar-refractivity contribution in [3.05, 3.63) is 54.6 Å². The molecule has 0 saturated heterocycles. The molecule has 0 spiro atoms. The largest absolute Gasteiger partial charge is 0.494 e. The molecule has 0 atom stereocenters. The first kappa shape index (κ1) is 20.1. The van der Waals surface area contributed by atoms with Crippen LogP contribution in [-0.4, -0.2) is 13.2 Å². The Morgan fingerprint density at radius 2 is 1.50 bits per heavy atom. The smallest absolute Gasteiger partial charge is 0.127 e. The van der Waals surface area contributed by atoms with Crippen LogP contribution in [0.5, 0.6) is 11.5 Å². The summed E-state index contributed by atoms with van der Waals surface area (Å²) in [5.41, 5.74) is 3.31. The summed E-state index contributed by atoms with van der Waals surface area (Å²) in [5.74, 6) is 1.81. The Morgan fingerprint density at radius 1 is 0.808 bits per heavy atom. The molecule has 2 rings (SSSR count). The molecule has 26 heavy (non-hydrogen) atoms. The van der Waals surface area contributed by atoms with Crippen LogP contribution in [0.2, 0.25) is 0 Å². The highest BCUT2D eigenvalue weighted by molar-refractivity contribution is 5.79. The highest BCUT2D eigenvalue weighted by Gasteiger charge is 2.11. The van der Waals surface area contributed by atoms with Gasteiger partial charge < -0.3 is 9.47 Å². The zero-order valence-corrected chi connectivity index (χ0v) is 16.3. The first-order valence-electron chi connectivity index (χ1n) is 9.91.